The van der Waals surface area contributed by atoms with E-state index in [4.69, 9.17) is 17.3 Å². The van der Waals surface area contributed by atoms with E-state index in [1.807, 2.05) is 54.6 Å². The van der Waals surface area contributed by atoms with Crippen LogP contribution >= 0.6 is 23.4 Å². The second-order valence-electron chi connectivity index (χ2n) is 9.81. The summed E-state index contributed by atoms with van der Waals surface area (Å²) in [6.07, 6.45) is 3.99. The van der Waals surface area contributed by atoms with Gasteiger partial charge in [0.1, 0.15) is 10.8 Å². The first-order valence-electron chi connectivity index (χ1n) is 11.9. The quantitative estimate of drug-likeness (QED) is 0.299. The lowest BCUT2D eigenvalue weighted by molar-refractivity contribution is 0.102. The van der Waals surface area contributed by atoms with Gasteiger partial charge in [-0.25, -0.2) is 9.97 Å². The first-order chi connectivity index (χ1) is 17.3. The van der Waals surface area contributed by atoms with E-state index >= 15 is 0 Å². The summed E-state index contributed by atoms with van der Waals surface area (Å²) in [5, 5.41) is 6.03. The van der Waals surface area contributed by atoms with Crippen molar-refractivity contribution in [2.45, 2.75) is 36.6 Å². The van der Waals surface area contributed by atoms with Gasteiger partial charge >= 0.3 is 0 Å². The van der Waals surface area contributed by atoms with Gasteiger partial charge < -0.3 is 16.0 Å². The molecule has 3 aromatic carbocycles. The number of piperidine rings is 1. The lowest BCUT2D eigenvalue weighted by Crippen LogP contribution is -2.37. The smallest absolute Gasteiger partial charge is 0.255 e. The molecule has 2 heterocycles. The van der Waals surface area contributed by atoms with Gasteiger partial charge in [0, 0.05) is 23.5 Å². The predicted molar refractivity (Wildman–Crippen MR) is 149 cm³/mol. The number of fused-ring (bicyclic) bond motifs is 1. The molecule has 1 aromatic heterocycles. The molecule has 1 fully saturated rings. The predicted octanol–water partition coefficient (Wildman–Crippen LogP) is 6.90. The zero-order valence-electron chi connectivity index (χ0n) is 20.3. The van der Waals surface area contributed by atoms with Crippen LogP contribution < -0.4 is 16.0 Å². The number of hydrogen-bond acceptors (Lipinski definition) is 6. The maximum Gasteiger partial charge on any atom is 0.255 e. The molecule has 0 bridgehead atoms. The van der Waals surface area contributed by atoms with E-state index in [-0.39, 0.29) is 5.91 Å². The number of aromatic nitrogens is 2. The molecule has 0 saturated carbocycles. The van der Waals surface area contributed by atoms with Gasteiger partial charge in [-0.15, -0.1) is 0 Å². The monoisotopic (exact) mass is 517 g/mol. The van der Waals surface area contributed by atoms with Crippen molar-refractivity contribution < 1.29 is 4.79 Å². The molecule has 5 rings (SSSR count). The van der Waals surface area contributed by atoms with E-state index in [1.54, 1.807) is 12.3 Å². The Kier molecular flexibility index (Phi) is 6.77. The molecule has 0 atom stereocenters. The summed E-state index contributed by atoms with van der Waals surface area (Å²) in [4.78, 5) is 25.1. The highest BCUT2D eigenvalue weighted by molar-refractivity contribution is 7.99. The summed E-state index contributed by atoms with van der Waals surface area (Å²) in [6, 6.07) is 19.1. The molecule has 1 saturated heterocycles. The molecular weight excluding hydrogens is 490 g/mol. The molecule has 1 aliphatic rings. The van der Waals surface area contributed by atoms with Gasteiger partial charge in [-0.3, -0.25) is 4.79 Å². The summed E-state index contributed by atoms with van der Waals surface area (Å²) in [6.45, 7) is 6.48. The zero-order chi connectivity index (χ0) is 25.3. The first-order valence-corrected chi connectivity index (χ1v) is 13.1. The highest BCUT2D eigenvalue weighted by atomic mass is 35.5. The minimum absolute atomic E-state index is 0.224. The van der Waals surface area contributed by atoms with Gasteiger partial charge in [-0.2, -0.15) is 0 Å². The van der Waals surface area contributed by atoms with Crippen LogP contribution in [-0.4, -0.2) is 29.0 Å². The van der Waals surface area contributed by atoms with E-state index < -0.39 is 0 Å². The maximum absolute atomic E-state index is 12.9. The maximum atomic E-state index is 12.9. The molecule has 3 N–H and O–H groups in total. The summed E-state index contributed by atoms with van der Waals surface area (Å²) >= 11 is 8.02. The molecule has 36 heavy (non-hydrogen) atoms. The lowest BCUT2D eigenvalue weighted by Gasteiger charge is -2.37. The number of carbonyl (C=O) groups excluding carboxylic acids is 1. The van der Waals surface area contributed by atoms with Crippen molar-refractivity contribution >= 4 is 57.4 Å². The van der Waals surface area contributed by atoms with Crippen molar-refractivity contribution in [1.82, 2.24) is 9.97 Å². The summed E-state index contributed by atoms with van der Waals surface area (Å²) in [5.74, 6) is 0.942. The molecule has 184 valence electrons. The van der Waals surface area contributed by atoms with Gasteiger partial charge in [-0.1, -0.05) is 73.6 Å². The minimum atomic E-state index is -0.224. The van der Waals surface area contributed by atoms with Crippen molar-refractivity contribution in [2.75, 3.05) is 29.0 Å². The van der Waals surface area contributed by atoms with Crippen LogP contribution in [0, 0.1) is 5.41 Å². The van der Waals surface area contributed by atoms with E-state index in [0.717, 1.165) is 47.4 Å². The number of amides is 1. The van der Waals surface area contributed by atoms with E-state index in [1.165, 1.54) is 11.8 Å². The molecule has 1 amide bonds. The van der Waals surface area contributed by atoms with Crippen LogP contribution in [0.2, 0.25) is 5.02 Å². The van der Waals surface area contributed by atoms with E-state index in [9.17, 15) is 4.79 Å². The summed E-state index contributed by atoms with van der Waals surface area (Å²) < 4.78 is 0. The number of nitrogens with two attached hydrogens (primary N) is 1. The average molecular weight is 518 g/mol. The van der Waals surface area contributed by atoms with Gasteiger partial charge in [-0.05, 0) is 53.3 Å². The number of nitrogens with one attached hydrogen (secondary N) is 1. The molecule has 4 aromatic rings. The third kappa shape index (κ3) is 5.27. The third-order valence-corrected chi connectivity index (χ3v) is 8.21. The van der Waals surface area contributed by atoms with Gasteiger partial charge in [0.15, 0.2) is 5.82 Å². The van der Waals surface area contributed by atoms with Gasteiger partial charge in [0.25, 0.3) is 5.91 Å². The Balaban J connectivity index is 1.31. The van der Waals surface area contributed by atoms with Crippen LogP contribution in [0.15, 0.2) is 76.8 Å². The van der Waals surface area contributed by atoms with Gasteiger partial charge in [0.05, 0.1) is 16.9 Å². The highest BCUT2D eigenvalue weighted by Crippen LogP contribution is 2.39. The average Bonchev–Trinajstić information content (AvgIpc) is 2.87. The van der Waals surface area contributed by atoms with Crippen molar-refractivity contribution in [3.8, 4) is 0 Å². The first kappa shape index (κ1) is 24.4. The highest BCUT2D eigenvalue weighted by Gasteiger charge is 2.26. The normalized spacial score (nSPS) is 15.1. The number of carbonyl (C=O) groups is 1. The Morgan fingerprint density at radius 3 is 2.56 bits per heavy atom. The van der Waals surface area contributed by atoms with Crippen LogP contribution in [-0.2, 0) is 0 Å². The van der Waals surface area contributed by atoms with Crippen LogP contribution in [0.25, 0.3) is 10.8 Å². The molecule has 0 spiro atoms. The van der Waals surface area contributed by atoms with Crippen molar-refractivity contribution in [2.24, 2.45) is 5.41 Å². The number of anilines is 3. The lowest BCUT2D eigenvalue weighted by atomic mass is 9.83. The standard InChI is InChI=1S/C28H28ClN5OS/c1-28(2)12-14-34(15-13-28)23-17-31-27(25(30)33-23)36-22-9-5-8-21(24(22)29)32-26(35)20-11-10-18-6-3-4-7-19(18)16-20/h3-11,16-17H,12-15H2,1-2H3,(H2,30,33)(H,32,35). The zero-order valence-corrected chi connectivity index (χ0v) is 21.9. The molecule has 1 aliphatic heterocycles. The molecule has 6 nitrogen and oxygen atoms in total. The number of hydrogen-bond donors (Lipinski definition) is 2. The van der Waals surface area contributed by atoms with Crippen molar-refractivity contribution in [3.05, 3.63) is 77.4 Å². The van der Waals surface area contributed by atoms with Gasteiger partial charge in [0.2, 0.25) is 0 Å². The Hall–Kier alpha value is -3.29. The van der Waals surface area contributed by atoms with Crippen LogP contribution in [0.5, 0.6) is 0 Å². The van der Waals surface area contributed by atoms with Crippen molar-refractivity contribution in [1.29, 1.82) is 0 Å². The molecule has 0 unspecified atom stereocenters. The molecule has 8 heteroatoms. The Bertz CT molecular complexity index is 1430. The molecule has 0 aliphatic carbocycles. The number of benzene rings is 3. The minimum Gasteiger partial charge on any atom is -0.381 e. The fraction of sp³-hybridized carbons (Fsp3) is 0.250. The Morgan fingerprint density at radius 1 is 1.06 bits per heavy atom. The Labute approximate surface area is 220 Å². The SMILES string of the molecule is CC1(C)CCN(c2cnc(Sc3cccc(NC(=O)c4ccc5ccccc5c4)c3Cl)c(N)n2)CC1. The third-order valence-electron chi connectivity index (χ3n) is 6.62. The number of rotatable bonds is 5. The van der Waals surface area contributed by atoms with Crippen LogP contribution in [0.1, 0.15) is 37.0 Å². The number of halogens is 1. The molecule has 0 radical (unpaired) electrons. The number of nitrogens with zero attached hydrogens (tertiary/aromatic N) is 3. The van der Waals surface area contributed by atoms with Crippen LogP contribution in [0.3, 0.4) is 0 Å². The Morgan fingerprint density at radius 2 is 1.81 bits per heavy atom. The largest absolute Gasteiger partial charge is 0.381 e. The summed E-state index contributed by atoms with van der Waals surface area (Å²) in [5.41, 5.74) is 7.73. The molecular formula is C28H28ClN5OS. The summed E-state index contributed by atoms with van der Waals surface area (Å²) in [7, 11) is 0. The second kappa shape index (κ2) is 9.99. The van der Waals surface area contributed by atoms with E-state index in [2.05, 4.69) is 34.0 Å². The fourth-order valence-electron chi connectivity index (χ4n) is 4.27. The van der Waals surface area contributed by atoms with E-state index in [0.29, 0.717) is 32.5 Å². The number of nitrogen functional groups attached to an aromatic ring is 1. The fourth-order valence-corrected chi connectivity index (χ4v) is 5.37. The topological polar surface area (TPSA) is 84.1 Å². The second-order valence-corrected chi connectivity index (χ2v) is 11.2. The van der Waals surface area contributed by atoms with Crippen molar-refractivity contribution in [3.63, 3.8) is 0 Å². The van der Waals surface area contributed by atoms with Crippen LogP contribution in [0.4, 0.5) is 17.3 Å².